The van der Waals surface area contributed by atoms with Gasteiger partial charge in [-0.05, 0) is 38.5 Å². The zero-order valence-corrected chi connectivity index (χ0v) is 16.9. The van der Waals surface area contributed by atoms with E-state index in [4.69, 9.17) is 0 Å². The number of nitrogens with one attached hydrogen (secondary N) is 2. The Morgan fingerprint density at radius 2 is 1.82 bits per heavy atom. The number of carbonyl (C=O) groups excluding carboxylic acids is 2. The van der Waals surface area contributed by atoms with E-state index in [0.717, 1.165) is 19.6 Å². The maximum atomic E-state index is 13.6. The Morgan fingerprint density at radius 1 is 1.14 bits per heavy atom. The number of hydrogen-bond donors (Lipinski definition) is 2. The van der Waals surface area contributed by atoms with Gasteiger partial charge in [0.05, 0.1) is 6.04 Å². The Kier molecular flexibility index (Phi) is 6.51. The molecule has 3 amide bonds. The molecule has 0 spiro atoms. The molecule has 2 N–H and O–H groups in total. The Morgan fingerprint density at radius 3 is 2.46 bits per heavy atom. The summed E-state index contributed by atoms with van der Waals surface area (Å²) in [6.07, 6.45) is 0. The second-order valence-electron chi connectivity index (χ2n) is 7.80. The third-order valence-corrected chi connectivity index (χ3v) is 5.54. The highest BCUT2D eigenvalue weighted by atomic mass is 19.1. The zero-order chi connectivity index (χ0) is 20.3. The average Bonchev–Trinajstić information content (AvgIpc) is 2.70. The summed E-state index contributed by atoms with van der Waals surface area (Å²) in [7, 11) is 0. The lowest BCUT2D eigenvalue weighted by Gasteiger charge is -2.40. The summed E-state index contributed by atoms with van der Waals surface area (Å²) in [6, 6.07) is 4.61. The molecular formula is C20H30FN5O2. The van der Waals surface area contributed by atoms with Crippen molar-refractivity contribution in [1.82, 2.24) is 20.0 Å². The lowest BCUT2D eigenvalue weighted by molar-refractivity contribution is -0.136. The number of halogens is 1. The normalized spacial score (nSPS) is 21.1. The van der Waals surface area contributed by atoms with E-state index >= 15 is 0 Å². The average molecular weight is 391 g/mol. The van der Waals surface area contributed by atoms with Gasteiger partial charge in [0.25, 0.3) is 0 Å². The van der Waals surface area contributed by atoms with Crippen LogP contribution in [0.25, 0.3) is 0 Å². The number of benzene rings is 1. The van der Waals surface area contributed by atoms with Crippen LogP contribution in [0.2, 0.25) is 0 Å². The molecule has 2 aliphatic heterocycles. The predicted octanol–water partition coefficient (Wildman–Crippen LogP) is 1.49. The SMILES string of the molecule is Cc1ccc(NC(=O)N2CCN(C(=O)[C@H]3CN(C(C)C)CCN3)CC2)cc1F. The van der Waals surface area contributed by atoms with E-state index in [2.05, 4.69) is 29.4 Å². The molecule has 1 aromatic rings. The number of rotatable bonds is 3. The molecule has 2 aliphatic rings. The van der Waals surface area contributed by atoms with Crippen molar-refractivity contribution < 1.29 is 14.0 Å². The largest absolute Gasteiger partial charge is 0.338 e. The summed E-state index contributed by atoms with van der Waals surface area (Å²) in [6.45, 7) is 10.4. The number of piperazine rings is 2. The molecular weight excluding hydrogens is 361 g/mol. The molecule has 2 heterocycles. The summed E-state index contributed by atoms with van der Waals surface area (Å²) >= 11 is 0. The summed E-state index contributed by atoms with van der Waals surface area (Å²) in [4.78, 5) is 31.1. The summed E-state index contributed by atoms with van der Waals surface area (Å²) in [5.74, 6) is -0.241. The van der Waals surface area contributed by atoms with Gasteiger partial charge in [-0.2, -0.15) is 0 Å². The molecule has 0 aromatic heterocycles. The number of aryl methyl sites for hydroxylation is 1. The lowest BCUT2D eigenvalue weighted by Crippen LogP contribution is -2.61. The van der Waals surface area contributed by atoms with E-state index in [1.54, 1.807) is 24.0 Å². The molecule has 2 fully saturated rings. The molecule has 1 aromatic carbocycles. The fourth-order valence-corrected chi connectivity index (χ4v) is 3.63. The van der Waals surface area contributed by atoms with Crippen LogP contribution < -0.4 is 10.6 Å². The third kappa shape index (κ3) is 4.80. The molecule has 2 saturated heterocycles. The second-order valence-corrected chi connectivity index (χ2v) is 7.80. The van der Waals surface area contributed by atoms with Crippen LogP contribution in [0.4, 0.5) is 14.9 Å². The minimum absolute atomic E-state index is 0.103. The van der Waals surface area contributed by atoms with E-state index in [1.165, 1.54) is 6.07 Å². The highest BCUT2D eigenvalue weighted by molar-refractivity contribution is 5.89. The Hall–Kier alpha value is -2.19. The summed E-state index contributed by atoms with van der Waals surface area (Å²) in [5.41, 5.74) is 0.976. The van der Waals surface area contributed by atoms with E-state index < -0.39 is 0 Å². The maximum absolute atomic E-state index is 13.6. The fraction of sp³-hybridized carbons (Fsp3) is 0.600. The van der Waals surface area contributed by atoms with Gasteiger partial charge < -0.3 is 20.4 Å². The first-order valence-corrected chi connectivity index (χ1v) is 9.93. The standard InChI is InChI=1S/C20H30FN5O2/c1-14(2)26-7-6-22-18(13-26)19(27)24-8-10-25(11-9-24)20(28)23-16-5-4-15(3)17(21)12-16/h4-5,12,14,18,22H,6-11,13H2,1-3H3,(H,23,28)/t18-/m1/s1. The topological polar surface area (TPSA) is 67.9 Å². The van der Waals surface area contributed by atoms with Crippen molar-refractivity contribution in [2.75, 3.05) is 51.1 Å². The van der Waals surface area contributed by atoms with Gasteiger partial charge >= 0.3 is 6.03 Å². The summed E-state index contributed by atoms with van der Waals surface area (Å²) in [5, 5.41) is 6.05. The van der Waals surface area contributed by atoms with Crippen LogP contribution >= 0.6 is 0 Å². The zero-order valence-electron chi connectivity index (χ0n) is 16.9. The van der Waals surface area contributed by atoms with Crippen LogP contribution in [-0.2, 0) is 4.79 Å². The van der Waals surface area contributed by atoms with E-state index in [9.17, 15) is 14.0 Å². The molecule has 0 radical (unpaired) electrons. The van der Waals surface area contributed by atoms with Crippen molar-refractivity contribution in [3.8, 4) is 0 Å². The first-order valence-electron chi connectivity index (χ1n) is 9.93. The van der Waals surface area contributed by atoms with Crippen molar-refractivity contribution in [2.24, 2.45) is 0 Å². The molecule has 8 heteroatoms. The maximum Gasteiger partial charge on any atom is 0.321 e. The molecule has 3 rings (SSSR count). The number of urea groups is 1. The number of amides is 3. The van der Waals surface area contributed by atoms with E-state index in [-0.39, 0.29) is 23.8 Å². The van der Waals surface area contributed by atoms with Crippen molar-refractivity contribution in [1.29, 1.82) is 0 Å². The molecule has 28 heavy (non-hydrogen) atoms. The van der Waals surface area contributed by atoms with E-state index in [1.807, 2.05) is 4.90 Å². The van der Waals surface area contributed by atoms with Gasteiger partial charge in [0.1, 0.15) is 5.82 Å². The molecule has 1 atom stereocenters. The Labute approximate surface area is 165 Å². The molecule has 0 saturated carbocycles. The number of carbonyl (C=O) groups is 2. The van der Waals surface area contributed by atoms with Crippen LogP contribution in [0.3, 0.4) is 0 Å². The van der Waals surface area contributed by atoms with Gasteiger partial charge in [0.2, 0.25) is 5.91 Å². The van der Waals surface area contributed by atoms with Gasteiger partial charge in [-0.3, -0.25) is 9.69 Å². The van der Waals surface area contributed by atoms with Crippen molar-refractivity contribution in [2.45, 2.75) is 32.9 Å². The lowest BCUT2D eigenvalue weighted by atomic mass is 10.1. The van der Waals surface area contributed by atoms with Gasteiger partial charge in [0, 0.05) is 57.5 Å². The molecule has 154 valence electrons. The van der Waals surface area contributed by atoms with Crippen molar-refractivity contribution >= 4 is 17.6 Å². The van der Waals surface area contributed by atoms with Gasteiger partial charge in [0.15, 0.2) is 0 Å². The minimum atomic E-state index is -0.344. The van der Waals surface area contributed by atoms with Crippen LogP contribution in [0, 0.1) is 12.7 Å². The molecule has 7 nitrogen and oxygen atoms in total. The molecule has 0 unspecified atom stereocenters. The fourth-order valence-electron chi connectivity index (χ4n) is 3.63. The third-order valence-electron chi connectivity index (χ3n) is 5.54. The van der Waals surface area contributed by atoms with Crippen molar-refractivity contribution in [3.05, 3.63) is 29.6 Å². The smallest absolute Gasteiger partial charge is 0.321 e. The number of anilines is 1. The molecule has 0 aliphatic carbocycles. The predicted molar refractivity (Wildman–Crippen MR) is 107 cm³/mol. The monoisotopic (exact) mass is 391 g/mol. The van der Waals surface area contributed by atoms with Gasteiger partial charge in [-0.15, -0.1) is 0 Å². The first kappa shape index (κ1) is 20.5. The quantitative estimate of drug-likeness (QED) is 0.819. The van der Waals surface area contributed by atoms with Gasteiger partial charge in [-0.1, -0.05) is 6.07 Å². The Balaban J connectivity index is 1.50. The Bertz CT molecular complexity index is 719. The molecule has 0 bridgehead atoms. The van der Waals surface area contributed by atoms with Crippen LogP contribution in [0.1, 0.15) is 19.4 Å². The van der Waals surface area contributed by atoms with Crippen molar-refractivity contribution in [3.63, 3.8) is 0 Å². The van der Waals surface area contributed by atoms with Crippen LogP contribution in [0.15, 0.2) is 18.2 Å². The van der Waals surface area contributed by atoms with Crippen LogP contribution in [0.5, 0.6) is 0 Å². The minimum Gasteiger partial charge on any atom is -0.338 e. The van der Waals surface area contributed by atoms with Gasteiger partial charge in [-0.25, -0.2) is 9.18 Å². The highest BCUT2D eigenvalue weighted by Crippen LogP contribution is 2.15. The van der Waals surface area contributed by atoms with Crippen LogP contribution in [-0.4, -0.2) is 84.5 Å². The summed E-state index contributed by atoms with van der Waals surface area (Å²) < 4.78 is 13.6. The number of nitrogens with zero attached hydrogens (tertiary/aromatic N) is 3. The first-order chi connectivity index (χ1) is 13.3. The highest BCUT2D eigenvalue weighted by Gasteiger charge is 2.32. The number of hydrogen-bond acceptors (Lipinski definition) is 4. The van der Waals surface area contributed by atoms with E-state index in [0.29, 0.717) is 43.5 Å². The second kappa shape index (κ2) is 8.87.